The summed E-state index contributed by atoms with van der Waals surface area (Å²) in [5.74, 6) is -0.305. The summed E-state index contributed by atoms with van der Waals surface area (Å²) >= 11 is 1.54. The number of benzene rings is 1. The van der Waals surface area contributed by atoms with Gasteiger partial charge in [-0.15, -0.1) is 11.3 Å². The van der Waals surface area contributed by atoms with Crippen LogP contribution in [0.4, 0.5) is 11.4 Å². The van der Waals surface area contributed by atoms with Gasteiger partial charge in [0, 0.05) is 44.0 Å². The van der Waals surface area contributed by atoms with Crippen molar-refractivity contribution in [1.29, 1.82) is 0 Å². The number of anilines is 2. The third kappa shape index (κ3) is 5.58. The number of rotatable bonds is 8. The van der Waals surface area contributed by atoms with Crippen LogP contribution in [0.25, 0.3) is 0 Å². The summed E-state index contributed by atoms with van der Waals surface area (Å²) in [6.45, 7) is 0.872. The van der Waals surface area contributed by atoms with Gasteiger partial charge in [0.05, 0.1) is 18.6 Å². The zero-order chi connectivity index (χ0) is 18.2. The van der Waals surface area contributed by atoms with Gasteiger partial charge in [-0.3, -0.25) is 9.59 Å². The third-order valence-electron chi connectivity index (χ3n) is 3.51. The predicted octanol–water partition coefficient (Wildman–Crippen LogP) is 2.37. The van der Waals surface area contributed by atoms with Gasteiger partial charge in [-0.2, -0.15) is 0 Å². The SMILES string of the molecule is COCCNC(=O)c1cc(NC(=O)Cc2cccs2)ccc1N(C)C. The molecule has 0 saturated heterocycles. The Morgan fingerprint density at radius 2 is 2.04 bits per heavy atom. The van der Waals surface area contributed by atoms with Crippen LogP contribution in [0.3, 0.4) is 0 Å². The van der Waals surface area contributed by atoms with Gasteiger partial charge in [-0.1, -0.05) is 6.07 Å². The fourth-order valence-corrected chi connectivity index (χ4v) is 3.03. The van der Waals surface area contributed by atoms with Crippen LogP contribution < -0.4 is 15.5 Å². The molecule has 0 aliphatic carbocycles. The topological polar surface area (TPSA) is 70.7 Å². The minimum absolute atomic E-state index is 0.106. The monoisotopic (exact) mass is 361 g/mol. The summed E-state index contributed by atoms with van der Waals surface area (Å²) in [5.41, 5.74) is 1.89. The normalized spacial score (nSPS) is 10.4. The fourth-order valence-electron chi connectivity index (χ4n) is 2.32. The number of ether oxygens (including phenoxy) is 1. The van der Waals surface area contributed by atoms with Crippen LogP contribution in [0.5, 0.6) is 0 Å². The Hall–Kier alpha value is -2.38. The molecule has 2 aromatic rings. The Balaban J connectivity index is 2.12. The molecule has 1 heterocycles. The number of thiophene rings is 1. The molecular weight excluding hydrogens is 338 g/mol. The Kier molecular flexibility index (Phi) is 6.97. The van der Waals surface area contributed by atoms with Crippen LogP contribution in [0.2, 0.25) is 0 Å². The van der Waals surface area contributed by atoms with E-state index in [0.29, 0.717) is 30.8 Å². The van der Waals surface area contributed by atoms with Crippen LogP contribution in [0.1, 0.15) is 15.2 Å². The van der Waals surface area contributed by atoms with E-state index in [1.165, 1.54) is 0 Å². The first-order valence-electron chi connectivity index (χ1n) is 7.92. The first-order chi connectivity index (χ1) is 12.0. The lowest BCUT2D eigenvalue weighted by Gasteiger charge is -2.18. The molecule has 0 spiro atoms. The number of carbonyl (C=O) groups excluding carboxylic acids is 2. The van der Waals surface area contributed by atoms with Crippen molar-refractivity contribution in [3.8, 4) is 0 Å². The Morgan fingerprint density at radius 3 is 2.68 bits per heavy atom. The standard InChI is InChI=1S/C18H23N3O3S/c1-21(2)16-7-6-13(11-15(16)18(23)19-8-9-24-3)20-17(22)12-14-5-4-10-25-14/h4-7,10-11H,8-9,12H2,1-3H3,(H,19,23)(H,20,22). The van der Waals surface area contributed by atoms with E-state index in [9.17, 15) is 9.59 Å². The summed E-state index contributed by atoms with van der Waals surface area (Å²) in [6, 6.07) is 9.17. The van der Waals surface area contributed by atoms with E-state index in [2.05, 4.69) is 10.6 Å². The average Bonchev–Trinajstić information content (AvgIpc) is 3.07. The van der Waals surface area contributed by atoms with Crippen molar-refractivity contribution >= 4 is 34.5 Å². The van der Waals surface area contributed by atoms with Crippen molar-refractivity contribution in [2.45, 2.75) is 6.42 Å². The molecule has 0 fully saturated rings. The molecule has 2 rings (SSSR count). The molecule has 2 amide bonds. The van der Waals surface area contributed by atoms with Crippen molar-refractivity contribution < 1.29 is 14.3 Å². The summed E-state index contributed by atoms with van der Waals surface area (Å²) in [5, 5.41) is 7.61. The van der Waals surface area contributed by atoms with E-state index in [0.717, 1.165) is 10.6 Å². The largest absolute Gasteiger partial charge is 0.383 e. The molecule has 7 heteroatoms. The van der Waals surface area contributed by atoms with E-state index < -0.39 is 0 Å². The van der Waals surface area contributed by atoms with E-state index >= 15 is 0 Å². The third-order valence-corrected chi connectivity index (χ3v) is 4.39. The zero-order valence-electron chi connectivity index (χ0n) is 14.7. The van der Waals surface area contributed by atoms with Gasteiger partial charge in [-0.05, 0) is 29.6 Å². The zero-order valence-corrected chi connectivity index (χ0v) is 15.5. The Labute approximate surface area is 151 Å². The molecule has 1 aromatic carbocycles. The predicted molar refractivity (Wildman–Crippen MR) is 102 cm³/mol. The second-order valence-electron chi connectivity index (χ2n) is 5.68. The van der Waals surface area contributed by atoms with Gasteiger partial charge < -0.3 is 20.3 Å². The maximum atomic E-state index is 12.4. The highest BCUT2D eigenvalue weighted by Gasteiger charge is 2.15. The fraction of sp³-hybridized carbons (Fsp3) is 0.333. The van der Waals surface area contributed by atoms with E-state index in [-0.39, 0.29) is 11.8 Å². The highest BCUT2D eigenvalue weighted by atomic mass is 32.1. The second-order valence-corrected chi connectivity index (χ2v) is 6.71. The van der Waals surface area contributed by atoms with E-state index in [4.69, 9.17) is 4.74 Å². The number of hydrogen-bond acceptors (Lipinski definition) is 5. The van der Waals surface area contributed by atoms with Crippen molar-refractivity contribution in [3.63, 3.8) is 0 Å². The number of nitrogens with one attached hydrogen (secondary N) is 2. The molecule has 0 aliphatic heterocycles. The van der Waals surface area contributed by atoms with Crippen LogP contribution in [0, 0.1) is 0 Å². The Morgan fingerprint density at radius 1 is 1.24 bits per heavy atom. The van der Waals surface area contributed by atoms with Crippen molar-refractivity contribution in [2.75, 3.05) is 44.6 Å². The molecule has 6 nitrogen and oxygen atoms in total. The van der Waals surface area contributed by atoms with E-state index in [1.807, 2.05) is 42.6 Å². The molecule has 2 N–H and O–H groups in total. The molecule has 0 aliphatic rings. The first-order valence-corrected chi connectivity index (χ1v) is 8.80. The smallest absolute Gasteiger partial charge is 0.253 e. The summed E-state index contributed by atoms with van der Waals surface area (Å²) in [4.78, 5) is 27.5. The molecule has 0 saturated carbocycles. The number of methoxy groups -OCH3 is 1. The minimum atomic E-state index is -0.199. The molecular formula is C18H23N3O3S. The first kappa shape index (κ1) is 19.0. The molecule has 0 atom stereocenters. The van der Waals surface area contributed by atoms with Gasteiger partial charge in [0.15, 0.2) is 0 Å². The van der Waals surface area contributed by atoms with E-state index in [1.54, 1.807) is 30.6 Å². The number of hydrogen-bond donors (Lipinski definition) is 2. The van der Waals surface area contributed by atoms with Crippen molar-refractivity contribution in [2.24, 2.45) is 0 Å². The van der Waals surface area contributed by atoms with Gasteiger partial charge in [0.1, 0.15) is 0 Å². The molecule has 0 unspecified atom stereocenters. The summed E-state index contributed by atoms with van der Waals surface area (Å²) < 4.78 is 4.95. The van der Waals surface area contributed by atoms with Crippen LogP contribution in [0.15, 0.2) is 35.7 Å². The maximum Gasteiger partial charge on any atom is 0.253 e. The van der Waals surface area contributed by atoms with Crippen molar-refractivity contribution in [3.05, 3.63) is 46.2 Å². The highest BCUT2D eigenvalue weighted by Crippen LogP contribution is 2.23. The number of carbonyl (C=O) groups is 2. The lowest BCUT2D eigenvalue weighted by molar-refractivity contribution is -0.115. The Bertz CT molecular complexity index is 714. The molecule has 1 aromatic heterocycles. The van der Waals surface area contributed by atoms with Crippen LogP contribution in [-0.4, -0.2) is 46.2 Å². The van der Waals surface area contributed by atoms with Crippen molar-refractivity contribution in [1.82, 2.24) is 5.32 Å². The summed E-state index contributed by atoms with van der Waals surface area (Å²) in [7, 11) is 5.33. The lowest BCUT2D eigenvalue weighted by Crippen LogP contribution is -2.29. The minimum Gasteiger partial charge on any atom is -0.383 e. The molecule has 0 radical (unpaired) electrons. The molecule has 134 valence electrons. The molecule has 25 heavy (non-hydrogen) atoms. The lowest BCUT2D eigenvalue weighted by atomic mass is 10.1. The number of nitrogens with zero attached hydrogens (tertiary/aromatic N) is 1. The van der Waals surface area contributed by atoms with Gasteiger partial charge in [-0.25, -0.2) is 0 Å². The van der Waals surface area contributed by atoms with Gasteiger partial charge in [0.2, 0.25) is 5.91 Å². The van der Waals surface area contributed by atoms with Crippen LogP contribution >= 0.6 is 11.3 Å². The summed E-state index contributed by atoms with van der Waals surface area (Å²) in [6.07, 6.45) is 0.322. The highest BCUT2D eigenvalue weighted by molar-refractivity contribution is 7.10. The second kappa shape index (κ2) is 9.19. The van der Waals surface area contributed by atoms with Gasteiger partial charge in [0.25, 0.3) is 5.91 Å². The quantitative estimate of drug-likeness (QED) is 0.708. The molecule has 0 bridgehead atoms. The number of amides is 2. The maximum absolute atomic E-state index is 12.4. The van der Waals surface area contributed by atoms with Crippen LogP contribution in [-0.2, 0) is 16.0 Å². The average molecular weight is 361 g/mol. The van der Waals surface area contributed by atoms with Gasteiger partial charge >= 0.3 is 0 Å².